The fraction of sp³-hybridized carbons (Fsp3) is 0.350. The van der Waals surface area contributed by atoms with Crippen molar-refractivity contribution in [3.63, 3.8) is 0 Å². The van der Waals surface area contributed by atoms with Crippen molar-refractivity contribution in [1.29, 1.82) is 0 Å². The Bertz CT molecular complexity index is 1040. The van der Waals surface area contributed by atoms with E-state index in [9.17, 15) is 18.0 Å². The van der Waals surface area contributed by atoms with E-state index < -0.39 is 17.9 Å². The summed E-state index contributed by atoms with van der Waals surface area (Å²) in [4.78, 5) is 25.9. The van der Waals surface area contributed by atoms with Gasteiger partial charge in [0.05, 0.1) is 24.0 Å². The van der Waals surface area contributed by atoms with E-state index in [1.54, 1.807) is 43.0 Å². The molecule has 0 saturated carbocycles. The number of carbonyl (C=O) groups excluding carboxylic acids is 1. The number of halogens is 3. The zero-order chi connectivity index (χ0) is 22.6. The van der Waals surface area contributed by atoms with Crippen molar-refractivity contribution in [2.24, 2.45) is 0 Å². The first-order valence-electron chi connectivity index (χ1n) is 9.43. The predicted molar refractivity (Wildman–Crippen MR) is 103 cm³/mol. The third-order valence-electron chi connectivity index (χ3n) is 4.45. The molecule has 3 aromatic rings. The second-order valence-corrected chi connectivity index (χ2v) is 6.67. The largest absolute Gasteiger partial charge is 0.474 e. The fourth-order valence-electron chi connectivity index (χ4n) is 2.92. The highest BCUT2D eigenvalue weighted by Gasteiger charge is 2.33. The van der Waals surface area contributed by atoms with Crippen LogP contribution in [0.5, 0.6) is 5.88 Å². The Morgan fingerprint density at radius 1 is 1.23 bits per heavy atom. The summed E-state index contributed by atoms with van der Waals surface area (Å²) in [5.74, 6) is 0.353. The van der Waals surface area contributed by atoms with Crippen molar-refractivity contribution in [3.8, 4) is 17.3 Å². The average Bonchev–Trinajstić information content (AvgIpc) is 3.18. The zero-order valence-corrected chi connectivity index (χ0v) is 17.1. The quantitative estimate of drug-likeness (QED) is 0.557. The third-order valence-corrected chi connectivity index (χ3v) is 4.45. The summed E-state index contributed by atoms with van der Waals surface area (Å²) >= 11 is 0. The predicted octanol–water partition coefficient (Wildman–Crippen LogP) is 3.78. The van der Waals surface area contributed by atoms with Gasteiger partial charge in [-0.2, -0.15) is 18.2 Å². The molecule has 1 aromatic carbocycles. The van der Waals surface area contributed by atoms with Crippen LogP contribution in [0.4, 0.5) is 13.2 Å². The first kappa shape index (κ1) is 22.2. The van der Waals surface area contributed by atoms with Gasteiger partial charge >= 0.3 is 6.18 Å². The lowest BCUT2D eigenvalue weighted by Crippen LogP contribution is -2.42. The molecular formula is C20H20F3N5O3. The standard InChI is InChI=1S/C20H20F3N5O3/c1-4-28(12(2)11-30-17-10-24-16(9-25-17)20(21,22)23)19(29)15-8-6-5-7-14(15)18-26-13(3)31-27-18/h5-10,12H,4,11H2,1-3H3. The minimum atomic E-state index is -4.57. The normalized spacial score (nSPS) is 12.5. The van der Waals surface area contributed by atoms with Crippen LogP contribution >= 0.6 is 0 Å². The Balaban J connectivity index is 1.72. The van der Waals surface area contributed by atoms with Crippen molar-refractivity contribution in [2.45, 2.75) is 33.0 Å². The third kappa shape index (κ3) is 5.16. The molecule has 1 amide bonds. The number of amides is 1. The number of aryl methyl sites for hydroxylation is 1. The molecule has 0 aliphatic heterocycles. The Morgan fingerprint density at radius 3 is 2.55 bits per heavy atom. The van der Waals surface area contributed by atoms with Crippen LogP contribution in [0.25, 0.3) is 11.4 Å². The molecule has 0 aliphatic rings. The molecule has 3 rings (SSSR count). The fourth-order valence-corrected chi connectivity index (χ4v) is 2.92. The topological polar surface area (TPSA) is 94.2 Å². The van der Waals surface area contributed by atoms with Gasteiger partial charge < -0.3 is 14.2 Å². The number of carbonyl (C=O) groups is 1. The maximum atomic E-state index is 13.2. The number of aromatic nitrogens is 4. The first-order chi connectivity index (χ1) is 14.7. The van der Waals surface area contributed by atoms with Gasteiger partial charge in [-0.1, -0.05) is 23.4 Å². The first-order valence-corrected chi connectivity index (χ1v) is 9.43. The Labute approximate surface area is 176 Å². The number of likely N-dealkylation sites (N-methyl/N-ethyl adjacent to an activating group) is 1. The van der Waals surface area contributed by atoms with Crippen molar-refractivity contribution >= 4 is 5.91 Å². The SMILES string of the molecule is CCN(C(=O)c1ccccc1-c1noc(C)n1)C(C)COc1cnc(C(F)(F)F)cn1. The van der Waals surface area contributed by atoms with Crippen LogP contribution in [-0.2, 0) is 6.18 Å². The summed E-state index contributed by atoms with van der Waals surface area (Å²) in [6.07, 6.45) is -3.07. The van der Waals surface area contributed by atoms with Gasteiger partial charge in [0.25, 0.3) is 5.91 Å². The van der Waals surface area contributed by atoms with Gasteiger partial charge in [-0.05, 0) is 19.9 Å². The molecule has 0 radical (unpaired) electrons. The Kier molecular flexibility index (Phi) is 6.52. The van der Waals surface area contributed by atoms with Crippen molar-refractivity contribution < 1.29 is 27.2 Å². The zero-order valence-electron chi connectivity index (χ0n) is 17.1. The lowest BCUT2D eigenvalue weighted by atomic mass is 10.0. The van der Waals surface area contributed by atoms with Crippen molar-refractivity contribution in [3.05, 3.63) is 53.8 Å². The van der Waals surface area contributed by atoms with Gasteiger partial charge in [0.15, 0.2) is 5.69 Å². The molecule has 11 heteroatoms. The minimum Gasteiger partial charge on any atom is -0.474 e. The second-order valence-electron chi connectivity index (χ2n) is 6.67. The van der Waals surface area contributed by atoms with Crippen LogP contribution in [0.3, 0.4) is 0 Å². The van der Waals surface area contributed by atoms with Crippen LogP contribution < -0.4 is 4.74 Å². The molecule has 8 nitrogen and oxygen atoms in total. The molecule has 0 bridgehead atoms. The van der Waals surface area contributed by atoms with Gasteiger partial charge in [-0.3, -0.25) is 4.79 Å². The molecule has 1 atom stereocenters. The molecule has 2 heterocycles. The molecule has 31 heavy (non-hydrogen) atoms. The molecular weight excluding hydrogens is 415 g/mol. The summed E-state index contributed by atoms with van der Waals surface area (Å²) in [7, 11) is 0. The van der Waals surface area contributed by atoms with E-state index in [4.69, 9.17) is 9.26 Å². The van der Waals surface area contributed by atoms with E-state index in [0.717, 1.165) is 6.20 Å². The van der Waals surface area contributed by atoms with E-state index in [1.807, 2.05) is 6.92 Å². The highest BCUT2D eigenvalue weighted by Crippen LogP contribution is 2.27. The highest BCUT2D eigenvalue weighted by atomic mass is 19.4. The van der Waals surface area contributed by atoms with E-state index in [0.29, 0.717) is 35.6 Å². The van der Waals surface area contributed by atoms with Crippen LogP contribution in [0.1, 0.15) is 35.8 Å². The van der Waals surface area contributed by atoms with Crippen molar-refractivity contribution in [2.75, 3.05) is 13.2 Å². The van der Waals surface area contributed by atoms with E-state index >= 15 is 0 Å². The average molecular weight is 435 g/mol. The van der Waals surface area contributed by atoms with E-state index in [2.05, 4.69) is 20.1 Å². The lowest BCUT2D eigenvalue weighted by Gasteiger charge is -2.28. The summed E-state index contributed by atoms with van der Waals surface area (Å²) in [6, 6.07) is 6.49. The Morgan fingerprint density at radius 2 is 1.97 bits per heavy atom. The summed E-state index contributed by atoms with van der Waals surface area (Å²) in [5, 5.41) is 3.88. The Hall–Kier alpha value is -3.50. The number of nitrogens with zero attached hydrogens (tertiary/aromatic N) is 5. The number of benzene rings is 1. The second kappa shape index (κ2) is 9.11. The van der Waals surface area contributed by atoms with Crippen LogP contribution in [0.2, 0.25) is 0 Å². The smallest absolute Gasteiger partial charge is 0.434 e. The molecule has 0 spiro atoms. The number of alkyl halides is 3. The highest BCUT2D eigenvalue weighted by molar-refractivity contribution is 6.00. The molecule has 164 valence electrons. The van der Waals surface area contributed by atoms with Gasteiger partial charge in [-0.15, -0.1) is 0 Å². The van der Waals surface area contributed by atoms with Gasteiger partial charge in [0, 0.05) is 19.0 Å². The lowest BCUT2D eigenvalue weighted by molar-refractivity contribution is -0.141. The molecule has 0 N–H and O–H groups in total. The number of rotatable bonds is 7. The number of hydrogen-bond acceptors (Lipinski definition) is 7. The molecule has 2 aromatic heterocycles. The molecule has 1 unspecified atom stereocenters. The minimum absolute atomic E-state index is 0.0170. The van der Waals surface area contributed by atoms with Crippen LogP contribution in [0.15, 0.2) is 41.2 Å². The molecule has 0 fully saturated rings. The van der Waals surface area contributed by atoms with Crippen LogP contribution in [0, 0.1) is 6.92 Å². The summed E-state index contributed by atoms with van der Waals surface area (Å²) in [5.41, 5.74) is -0.178. The van der Waals surface area contributed by atoms with Crippen LogP contribution in [-0.4, -0.2) is 50.1 Å². The number of hydrogen-bond donors (Lipinski definition) is 0. The summed E-state index contributed by atoms with van der Waals surface area (Å²) < 4.78 is 48.2. The van der Waals surface area contributed by atoms with Crippen molar-refractivity contribution in [1.82, 2.24) is 25.0 Å². The van der Waals surface area contributed by atoms with Gasteiger partial charge in [0.2, 0.25) is 17.6 Å². The maximum Gasteiger partial charge on any atom is 0.434 e. The maximum absolute atomic E-state index is 13.2. The monoisotopic (exact) mass is 435 g/mol. The molecule has 0 aliphatic carbocycles. The molecule has 0 saturated heterocycles. The van der Waals surface area contributed by atoms with Gasteiger partial charge in [0.1, 0.15) is 6.61 Å². The van der Waals surface area contributed by atoms with Gasteiger partial charge in [-0.25, -0.2) is 9.97 Å². The van der Waals surface area contributed by atoms with E-state index in [1.165, 1.54) is 0 Å². The summed E-state index contributed by atoms with van der Waals surface area (Å²) in [6.45, 7) is 5.63. The van der Waals surface area contributed by atoms with E-state index in [-0.39, 0.29) is 18.4 Å². The number of ether oxygens (including phenoxy) is 1.